The molecular weight excluding hydrogens is 224 g/mol. The zero-order chi connectivity index (χ0) is 12.4. The van der Waals surface area contributed by atoms with Crippen LogP contribution in [-0.2, 0) is 6.54 Å². The minimum absolute atomic E-state index is 0.704. The fraction of sp³-hybridized carbons (Fsp3) is 0.786. The van der Waals surface area contributed by atoms with E-state index < -0.39 is 0 Å². The highest BCUT2D eigenvalue weighted by atomic mass is 15.3. The van der Waals surface area contributed by atoms with Gasteiger partial charge in [0.1, 0.15) is 0 Å². The smallest absolute Gasteiger partial charge is 0.0536 e. The van der Waals surface area contributed by atoms with Gasteiger partial charge in [0.2, 0.25) is 0 Å². The van der Waals surface area contributed by atoms with Crippen molar-refractivity contribution >= 4 is 0 Å². The van der Waals surface area contributed by atoms with Crippen LogP contribution in [0.15, 0.2) is 18.5 Å². The van der Waals surface area contributed by atoms with Gasteiger partial charge in [-0.3, -0.25) is 9.58 Å². The highest BCUT2D eigenvalue weighted by molar-refractivity contribution is 4.94. The van der Waals surface area contributed by atoms with E-state index in [0.717, 1.165) is 31.6 Å². The molecule has 18 heavy (non-hydrogen) atoms. The standard InChI is InChI=1S/C14H24N4/c1-2-13-10-15-14(12-4-5-12)11-17(13)8-9-18-7-3-6-16-18/h3,6-7,12-15H,2,4-5,8-11H2,1H3. The Morgan fingerprint density at radius 1 is 1.33 bits per heavy atom. The van der Waals surface area contributed by atoms with Gasteiger partial charge >= 0.3 is 0 Å². The number of hydrogen-bond donors (Lipinski definition) is 1. The van der Waals surface area contributed by atoms with Gasteiger partial charge in [-0.05, 0) is 31.2 Å². The number of nitrogens with zero attached hydrogens (tertiary/aromatic N) is 3. The van der Waals surface area contributed by atoms with Crippen molar-refractivity contribution in [2.75, 3.05) is 19.6 Å². The van der Waals surface area contributed by atoms with Gasteiger partial charge in [-0.2, -0.15) is 5.10 Å². The molecule has 1 aliphatic heterocycles. The van der Waals surface area contributed by atoms with Gasteiger partial charge in [0.15, 0.2) is 0 Å². The van der Waals surface area contributed by atoms with Crippen LogP contribution in [0.25, 0.3) is 0 Å². The van der Waals surface area contributed by atoms with Gasteiger partial charge < -0.3 is 5.32 Å². The van der Waals surface area contributed by atoms with Gasteiger partial charge in [0, 0.05) is 44.1 Å². The highest BCUT2D eigenvalue weighted by Gasteiger charge is 2.36. The van der Waals surface area contributed by atoms with Crippen LogP contribution < -0.4 is 5.32 Å². The molecule has 0 radical (unpaired) electrons. The van der Waals surface area contributed by atoms with Crippen molar-refractivity contribution in [1.82, 2.24) is 20.0 Å². The van der Waals surface area contributed by atoms with Crippen LogP contribution >= 0.6 is 0 Å². The van der Waals surface area contributed by atoms with E-state index in [-0.39, 0.29) is 0 Å². The van der Waals surface area contributed by atoms with Crippen molar-refractivity contribution < 1.29 is 0 Å². The summed E-state index contributed by atoms with van der Waals surface area (Å²) in [4.78, 5) is 2.67. The lowest BCUT2D eigenvalue weighted by molar-refractivity contribution is 0.113. The lowest BCUT2D eigenvalue weighted by Gasteiger charge is -2.40. The van der Waals surface area contributed by atoms with Crippen molar-refractivity contribution in [3.63, 3.8) is 0 Å². The summed E-state index contributed by atoms with van der Waals surface area (Å²) < 4.78 is 2.04. The average molecular weight is 248 g/mol. The second-order valence-electron chi connectivity index (χ2n) is 5.68. The second kappa shape index (κ2) is 5.41. The van der Waals surface area contributed by atoms with Crippen LogP contribution in [0, 0.1) is 5.92 Å². The summed E-state index contributed by atoms with van der Waals surface area (Å²) in [6.45, 7) is 6.83. The zero-order valence-corrected chi connectivity index (χ0v) is 11.3. The molecule has 1 saturated carbocycles. The molecule has 2 aliphatic rings. The minimum Gasteiger partial charge on any atom is -0.311 e. The van der Waals surface area contributed by atoms with Gasteiger partial charge in [0.05, 0.1) is 6.54 Å². The van der Waals surface area contributed by atoms with Crippen molar-refractivity contribution in [3.8, 4) is 0 Å². The number of piperazine rings is 1. The van der Waals surface area contributed by atoms with Crippen molar-refractivity contribution in [1.29, 1.82) is 0 Å². The first kappa shape index (κ1) is 12.2. The van der Waals surface area contributed by atoms with E-state index in [1.54, 1.807) is 0 Å². The van der Waals surface area contributed by atoms with E-state index in [1.165, 1.54) is 25.8 Å². The van der Waals surface area contributed by atoms with E-state index >= 15 is 0 Å². The fourth-order valence-corrected chi connectivity index (χ4v) is 3.04. The molecular formula is C14H24N4. The van der Waals surface area contributed by atoms with Crippen molar-refractivity contribution in [3.05, 3.63) is 18.5 Å². The molecule has 1 aromatic heterocycles. The molecule has 2 heterocycles. The number of rotatable bonds is 5. The summed E-state index contributed by atoms with van der Waals surface area (Å²) in [6.07, 6.45) is 8.02. The molecule has 0 aromatic carbocycles. The van der Waals surface area contributed by atoms with Crippen LogP contribution in [0.3, 0.4) is 0 Å². The topological polar surface area (TPSA) is 33.1 Å². The molecule has 2 atom stereocenters. The Balaban J connectivity index is 1.55. The van der Waals surface area contributed by atoms with Gasteiger partial charge in [-0.15, -0.1) is 0 Å². The summed E-state index contributed by atoms with van der Waals surface area (Å²) in [7, 11) is 0. The molecule has 3 rings (SSSR count). The molecule has 2 fully saturated rings. The number of nitrogens with one attached hydrogen (secondary N) is 1. The second-order valence-corrected chi connectivity index (χ2v) is 5.68. The third-order valence-corrected chi connectivity index (χ3v) is 4.40. The Kier molecular flexibility index (Phi) is 3.66. The summed E-state index contributed by atoms with van der Waals surface area (Å²) in [5, 5.41) is 8.03. The fourth-order valence-electron chi connectivity index (χ4n) is 3.04. The monoisotopic (exact) mass is 248 g/mol. The Bertz CT molecular complexity index is 358. The predicted molar refractivity (Wildman–Crippen MR) is 72.4 cm³/mol. The lowest BCUT2D eigenvalue weighted by Crippen LogP contribution is -2.57. The van der Waals surface area contributed by atoms with Crippen LogP contribution in [0.1, 0.15) is 26.2 Å². The van der Waals surface area contributed by atoms with Crippen LogP contribution in [0.4, 0.5) is 0 Å². The van der Waals surface area contributed by atoms with Crippen LogP contribution in [-0.4, -0.2) is 46.4 Å². The summed E-state index contributed by atoms with van der Waals surface area (Å²) in [5.74, 6) is 0.954. The highest BCUT2D eigenvalue weighted by Crippen LogP contribution is 2.34. The summed E-state index contributed by atoms with van der Waals surface area (Å²) >= 11 is 0. The SMILES string of the molecule is CCC1CNC(C2CC2)CN1CCn1cccn1. The molecule has 1 aliphatic carbocycles. The molecule has 0 bridgehead atoms. The molecule has 1 N–H and O–H groups in total. The maximum absolute atomic E-state index is 4.29. The first-order valence-corrected chi connectivity index (χ1v) is 7.31. The third-order valence-electron chi connectivity index (χ3n) is 4.40. The molecule has 1 aromatic rings. The maximum Gasteiger partial charge on any atom is 0.0536 e. The molecule has 2 unspecified atom stereocenters. The Hall–Kier alpha value is -0.870. The molecule has 100 valence electrons. The first-order chi connectivity index (χ1) is 8.86. The number of aromatic nitrogens is 2. The van der Waals surface area contributed by atoms with E-state index in [2.05, 4.69) is 28.4 Å². The van der Waals surface area contributed by atoms with Crippen LogP contribution in [0.5, 0.6) is 0 Å². The number of hydrogen-bond acceptors (Lipinski definition) is 3. The van der Waals surface area contributed by atoms with E-state index in [1.807, 2.05) is 16.9 Å². The predicted octanol–water partition coefficient (Wildman–Crippen LogP) is 1.35. The Morgan fingerprint density at radius 3 is 2.89 bits per heavy atom. The average Bonchev–Trinajstić information content (AvgIpc) is 3.13. The van der Waals surface area contributed by atoms with Gasteiger partial charge in [-0.1, -0.05) is 6.92 Å². The molecule has 4 heteroatoms. The van der Waals surface area contributed by atoms with Gasteiger partial charge in [0.25, 0.3) is 0 Å². The van der Waals surface area contributed by atoms with Crippen LogP contribution in [0.2, 0.25) is 0 Å². The lowest BCUT2D eigenvalue weighted by atomic mass is 10.0. The zero-order valence-electron chi connectivity index (χ0n) is 11.3. The maximum atomic E-state index is 4.29. The van der Waals surface area contributed by atoms with Crippen molar-refractivity contribution in [2.24, 2.45) is 5.92 Å². The molecule has 1 saturated heterocycles. The van der Waals surface area contributed by atoms with E-state index in [0.29, 0.717) is 6.04 Å². The Labute approximate surface area is 109 Å². The summed E-state index contributed by atoms with van der Waals surface area (Å²) in [6, 6.07) is 3.45. The Morgan fingerprint density at radius 2 is 2.22 bits per heavy atom. The minimum atomic E-state index is 0.704. The summed E-state index contributed by atoms with van der Waals surface area (Å²) in [5.41, 5.74) is 0. The largest absolute Gasteiger partial charge is 0.311 e. The van der Waals surface area contributed by atoms with E-state index in [9.17, 15) is 0 Å². The molecule has 0 spiro atoms. The third kappa shape index (κ3) is 2.75. The van der Waals surface area contributed by atoms with Crippen molar-refractivity contribution in [2.45, 2.75) is 44.8 Å². The van der Waals surface area contributed by atoms with Gasteiger partial charge in [-0.25, -0.2) is 0 Å². The normalized spacial score (nSPS) is 29.6. The molecule has 0 amide bonds. The molecule has 4 nitrogen and oxygen atoms in total. The first-order valence-electron chi connectivity index (χ1n) is 7.31. The van der Waals surface area contributed by atoms with E-state index in [4.69, 9.17) is 0 Å². The quantitative estimate of drug-likeness (QED) is 0.854.